The lowest BCUT2D eigenvalue weighted by Gasteiger charge is -2.07. The van der Waals surface area contributed by atoms with Crippen LogP contribution in [0.25, 0.3) is 0 Å². The Bertz CT molecular complexity index is 798. The zero-order valence-electron chi connectivity index (χ0n) is 12.1. The van der Waals surface area contributed by atoms with Gasteiger partial charge in [0.25, 0.3) is 5.91 Å². The van der Waals surface area contributed by atoms with E-state index in [9.17, 15) is 18.0 Å². The molecule has 6 nitrogen and oxygen atoms in total. The van der Waals surface area contributed by atoms with Gasteiger partial charge in [-0.1, -0.05) is 18.2 Å². The molecule has 0 radical (unpaired) electrons. The van der Waals surface area contributed by atoms with Crippen LogP contribution in [0.15, 0.2) is 59.5 Å². The molecule has 0 aliphatic rings. The Hall–Kier alpha value is -2.67. The van der Waals surface area contributed by atoms with Gasteiger partial charge in [-0.3, -0.25) is 9.59 Å². The molecule has 23 heavy (non-hydrogen) atoms. The highest BCUT2D eigenvalue weighted by molar-refractivity contribution is 7.91. The molecule has 0 aromatic heterocycles. The maximum absolute atomic E-state index is 12.0. The Morgan fingerprint density at radius 2 is 1.57 bits per heavy atom. The van der Waals surface area contributed by atoms with E-state index in [1.807, 2.05) is 0 Å². The summed E-state index contributed by atoms with van der Waals surface area (Å²) in [5.74, 6) is -1.93. The number of rotatable bonds is 6. The lowest BCUT2D eigenvalue weighted by Crippen LogP contribution is -2.13. The highest BCUT2D eigenvalue weighted by atomic mass is 32.2. The van der Waals surface area contributed by atoms with Crippen molar-refractivity contribution in [1.82, 2.24) is 0 Å². The van der Waals surface area contributed by atoms with Gasteiger partial charge in [-0.15, -0.1) is 0 Å². The lowest BCUT2D eigenvalue weighted by molar-refractivity contribution is -0.136. The third kappa shape index (κ3) is 4.65. The van der Waals surface area contributed by atoms with Crippen LogP contribution in [0.4, 0.5) is 5.69 Å². The molecular formula is C16H15NO5S. The summed E-state index contributed by atoms with van der Waals surface area (Å²) in [6, 6.07) is 14.2. The molecule has 2 N–H and O–H groups in total. The molecule has 120 valence electrons. The Kier molecular flexibility index (Phi) is 5.13. The van der Waals surface area contributed by atoms with Crippen LogP contribution >= 0.6 is 0 Å². The minimum absolute atomic E-state index is 0.0245. The van der Waals surface area contributed by atoms with Crippen molar-refractivity contribution in [2.75, 3.05) is 11.1 Å². The van der Waals surface area contributed by atoms with Gasteiger partial charge in [-0.2, -0.15) is 0 Å². The number of hydrogen-bond acceptors (Lipinski definition) is 4. The Labute approximate surface area is 133 Å². The van der Waals surface area contributed by atoms with E-state index in [0.717, 1.165) is 0 Å². The molecule has 7 heteroatoms. The first-order chi connectivity index (χ1) is 10.9. The number of carboxylic acid groups (broad SMARTS) is 1. The van der Waals surface area contributed by atoms with Gasteiger partial charge in [0.15, 0.2) is 9.84 Å². The van der Waals surface area contributed by atoms with Crippen LogP contribution in [0.5, 0.6) is 0 Å². The number of carboxylic acids is 1. The average Bonchev–Trinajstić information content (AvgIpc) is 2.54. The minimum atomic E-state index is -3.65. The van der Waals surface area contributed by atoms with Gasteiger partial charge in [-0.25, -0.2) is 8.42 Å². The number of anilines is 1. The molecule has 0 spiro atoms. The lowest BCUT2D eigenvalue weighted by atomic mass is 10.2. The second kappa shape index (κ2) is 7.06. The molecule has 2 aromatic carbocycles. The number of carbonyl (C=O) groups is 2. The van der Waals surface area contributed by atoms with Crippen LogP contribution < -0.4 is 5.32 Å². The number of amides is 1. The molecule has 0 saturated carbocycles. The van der Waals surface area contributed by atoms with E-state index in [1.165, 1.54) is 24.3 Å². The van der Waals surface area contributed by atoms with Gasteiger partial charge in [0.2, 0.25) is 0 Å². The summed E-state index contributed by atoms with van der Waals surface area (Å²) in [5.41, 5.74) is 0.946. The molecule has 0 aliphatic heterocycles. The number of hydrogen-bond donors (Lipinski definition) is 2. The fraction of sp³-hybridized carbons (Fsp3) is 0.125. The highest BCUT2D eigenvalue weighted by Crippen LogP contribution is 2.17. The van der Waals surface area contributed by atoms with Crippen LogP contribution in [0.1, 0.15) is 16.8 Å². The molecule has 0 saturated heterocycles. The molecule has 1 amide bonds. The van der Waals surface area contributed by atoms with E-state index in [1.54, 1.807) is 30.3 Å². The molecule has 0 unspecified atom stereocenters. The highest BCUT2D eigenvalue weighted by Gasteiger charge is 2.16. The fourth-order valence-electron chi connectivity index (χ4n) is 1.88. The average molecular weight is 333 g/mol. The second-order valence-corrected chi connectivity index (χ2v) is 6.92. The maximum atomic E-state index is 12.0. The molecule has 2 aromatic rings. The van der Waals surface area contributed by atoms with Crippen LogP contribution in [-0.2, 0) is 14.6 Å². The van der Waals surface area contributed by atoms with Crippen LogP contribution in [0.2, 0.25) is 0 Å². The van der Waals surface area contributed by atoms with E-state index in [2.05, 4.69) is 5.32 Å². The monoisotopic (exact) mass is 333 g/mol. The topological polar surface area (TPSA) is 101 Å². The smallest absolute Gasteiger partial charge is 0.304 e. The number of sulfone groups is 1. The summed E-state index contributed by atoms with van der Waals surface area (Å²) in [7, 11) is -3.65. The number of benzene rings is 2. The standard InChI is InChI=1S/C16H15NO5S/c18-15(19)10-11-23(21,22)14-8-6-13(7-9-14)17-16(20)12-4-2-1-3-5-12/h1-9H,10-11H2,(H,17,20)(H,18,19). The zero-order chi connectivity index (χ0) is 16.9. The van der Waals surface area contributed by atoms with E-state index in [0.29, 0.717) is 11.3 Å². The summed E-state index contributed by atoms with van der Waals surface area (Å²) >= 11 is 0. The SMILES string of the molecule is O=C(O)CCS(=O)(=O)c1ccc(NC(=O)c2ccccc2)cc1. The van der Waals surface area contributed by atoms with Crippen LogP contribution in [-0.4, -0.2) is 31.2 Å². The van der Waals surface area contributed by atoms with Gasteiger partial charge in [0.1, 0.15) is 0 Å². The van der Waals surface area contributed by atoms with Crippen molar-refractivity contribution in [3.8, 4) is 0 Å². The van der Waals surface area contributed by atoms with Crippen molar-refractivity contribution in [2.45, 2.75) is 11.3 Å². The molecule has 0 fully saturated rings. The molecule has 0 aliphatic carbocycles. The summed E-state index contributed by atoms with van der Waals surface area (Å²) in [4.78, 5) is 22.5. The Balaban J connectivity index is 2.08. The number of carbonyl (C=O) groups excluding carboxylic acids is 1. The minimum Gasteiger partial charge on any atom is -0.481 e. The Morgan fingerprint density at radius 1 is 0.957 bits per heavy atom. The van der Waals surface area contributed by atoms with Crippen LogP contribution in [0.3, 0.4) is 0 Å². The summed E-state index contributed by atoms with van der Waals surface area (Å²) in [6.07, 6.45) is -0.450. The first-order valence-electron chi connectivity index (χ1n) is 6.79. The van der Waals surface area contributed by atoms with E-state index in [4.69, 9.17) is 5.11 Å². The van der Waals surface area contributed by atoms with Crippen molar-refractivity contribution in [1.29, 1.82) is 0 Å². The van der Waals surface area contributed by atoms with Crippen molar-refractivity contribution in [3.63, 3.8) is 0 Å². The summed E-state index contributed by atoms with van der Waals surface area (Å²) in [5, 5.41) is 11.2. The molecule has 0 atom stereocenters. The van der Waals surface area contributed by atoms with Gasteiger partial charge in [0.05, 0.1) is 17.1 Å². The van der Waals surface area contributed by atoms with E-state index >= 15 is 0 Å². The van der Waals surface area contributed by atoms with E-state index < -0.39 is 28.0 Å². The van der Waals surface area contributed by atoms with E-state index in [-0.39, 0.29) is 10.8 Å². The summed E-state index contributed by atoms with van der Waals surface area (Å²) in [6.45, 7) is 0. The third-order valence-corrected chi connectivity index (χ3v) is 4.82. The van der Waals surface area contributed by atoms with Crippen molar-refractivity contribution < 1.29 is 23.1 Å². The van der Waals surface area contributed by atoms with Gasteiger partial charge in [0, 0.05) is 11.3 Å². The number of aliphatic carboxylic acids is 1. The molecule has 0 heterocycles. The zero-order valence-corrected chi connectivity index (χ0v) is 12.9. The first kappa shape index (κ1) is 16.7. The quantitative estimate of drug-likeness (QED) is 0.844. The fourth-order valence-corrected chi connectivity index (χ4v) is 3.11. The largest absolute Gasteiger partial charge is 0.481 e. The predicted octanol–water partition coefficient (Wildman–Crippen LogP) is 2.19. The first-order valence-corrected chi connectivity index (χ1v) is 8.45. The van der Waals surface area contributed by atoms with Gasteiger partial charge < -0.3 is 10.4 Å². The summed E-state index contributed by atoms with van der Waals surface area (Å²) < 4.78 is 23.9. The normalized spacial score (nSPS) is 11.0. The number of nitrogens with one attached hydrogen (secondary N) is 1. The van der Waals surface area contributed by atoms with Crippen LogP contribution in [0, 0.1) is 0 Å². The third-order valence-electron chi connectivity index (χ3n) is 3.09. The molecule has 2 rings (SSSR count). The van der Waals surface area contributed by atoms with Crippen molar-refractivity contribution in [3.05, 3.63) is 60.2 Å². The maximum Gasteiger partial charge on any atom is 0.304 e. The second-order valence-electron chi connectivity index (χ2n) is 4.81. The molecular weight excluding hydrogens is 318 g/mol. The predicted molar refractivity (Wildman–Crippen MR) is 85.1 cm³/mol. The van der Waals surface area contributed by atoms with Gasteiger partial charge in [-0.05, 0) is 36.4 Å². The van der Waals surface area contributed by atoms with Crippen molar-refractivity contribution >= 4 is 27.4 Å². The molecule has 0 bridgehead atoms. The van der Waals surface area contributed by atoms with Crippen molar-refractivity contribution in [2.24, 2.45) is 0 Å². The van der Waals surface area contributed by atoms with Gasteiger partial charge >= 0.3 is 5.97 Å². The Morgan fingerprint density at radius 3 is 2.13 bits per heavy atom.